The second-order valence-electron chi connectivity index (χ2n) is 5.97. The zero-order valence-corrected chi connectivity index (χ0v) is 13.3. The van der Waals surface area contributed by atoms with Crippen molar-refractivity contribution in [2.45, 2.75) is 32.9 Å². The lowest BCUT2D eigenvalue weighted by molar-refractivity contribution is 0.0351. The standard InChI is InChI=1S/C17H24N2O2/c1-5-19(12-17(2,3)20)11-14-10-13-8-6-7-9-15(13)18-16(14)21-4/h6-10,20H,5,11-12H2,1-4H3. The fraction of sp³-hybridized carbons (Fsp3) is 0.471. The van der Waals surface area contributed by atoms with E-state index in [2.05, 4.69) is 28.9 Å². The van der Waals surface area contributed by atoms with Crippen LogP contribution in [0.25, 0.3) is 10.9 Å². The van der Waals surface area contributed by atoms with Gasteiger partial charge in [0.1, 0.15) is 0 Å². The molecule has 0 radical (unpaired) electrons. The molecule has 4 nitrogen and oxygen atoms in total. The van der Waals surface area contributed by atoms with Crippen molar-refractivity contribution in [2.24, 2.45) is 0 Å². The number of hydrogen-bond acceptors (Lipinski definition) is 4. The van der Waals surface area contributed by atoms with E-state index < -0.39 is 5.60 Å². The Labute approximate surface area is 126 Å². The smallest absolute Gasteiger partial charge is 0.218 e. The molecule has 0 spiro atoms. The number of hydrogen-bond donors (Lipinski definition) is 1. The van der Waals surface area contributed by atoms with Gasteiger partial charge < -0.3 is 9.84 Å². The van der Waals surface area contributed by atoms with E-state index in [4.69, 9.17) is 4.74 Å². The first kappa shape index (κ1) is 15.7. The molecule has 4 heteroatoms. The Morgan fingerprint density at radius 3 is 2.62 bits per heavy atom. The Bertz CT molecular complexity index is 605. The van der Waals surface area contributed by atoms with E-state index in [1.807, 2.05) is 32.0 Å². The van der Waals surface area contributed by atoms with Crippen LogP contribution in [-0.4, -0.2) is 40.8 Å². The maximum Gasteiger partial charge on any atom is 0.218 e. The van der Waals surface area contributed by atoms with Crippen LogP contribution in [0.4, 0.5) is 0 Å². The lowest BCUT2D eigenvalue weighted by atomic mass is 10.1. The molecule has 0 aliphatic carbocycles. The molecule has 0 saturated heterocycles. The molecule has 2 aromatic rings. The Balaban J connectivity index is 2.31. The van der Waals surface area contributed by atoms with Gasteiger partial charge in [0.25, 0.3) is 0 Å². The van der Waals surface area contributed by atoms with E-state index in [0.717, 1.165) is 23.0 Å². The molecular formula is C17H24N2O2. The van der Waals surface area contributed by atoms with E-state index in [0.29, 0.717) is 19.0 Å². The van der Waals surface area contributed by atoms with Gasteiger partial charge in [-0.15, -0.1) is 0 Å². The molecule has 114 valence electrons. The van der Waals surface area contributed by atoms with Crippen LogP contribution >= 0.6 is 0 Å². The Kier molecular flexibility index (Phi) is 4.80. The third-order valence-electron chi connectivity index (χ3n) is 3.41. The molecule has 1 N–H and O–H groups in total. The summed E-state index contributed by atoms with van der Waals surface area (Å²) >= 11 is 0. The minimum Gasteiger partial charge on any atom is -0.481 e. The Hall–Kier alpha value is -1.65. The molecule has 21 heavy (non-hydrogen) atoms. The molecule has 0 saturated carbocycles. The number of rotatable bonds is 6. The maximum atomic E-state index is 10.0. The van der Waals surface area contributed by atoms with Crippen LogP contribution in [0.2, 0.25) is 0 Å². The predicted molar refractivity (Wildman–Crippen MR) is 85.5 cm³/mol. The van der Waals surface area contributed by atoms with Crippen molar-refractivity contribution in [3.05, 3.63) is 35.9 Å². The molecule has 0 bridgehead atoms. The molecule has 0 amide bonds. The number of benzene rings is 1. The normalized spacial score (nSPS) is 12.1. The first-order chi connectivity index (χ1) is 9.93. The number of nitrogens with zero attached hydrogens (tertiary/aromatic N) is 2. The van der Waals surface area contributed by atoms with Crippen LogP contribution in [0.1, 0.15) is 26.3 Å². The van der Waals surface area contributed by atoms with Gasteiger partial charge >= 0.3 is 0 Å². The summed E-state index contributed by atoms with van der Waals surface area (Å²) in [6, 6.07) is 10.1. The molecule has 2 rings (SSSR count). The van der Waals surface area contributed by atoms with Crippen LogP contribution < -0.4 is 4.74 Å². The van der Waals surface area contributed by atoms with Crippen molar-refractivity contribution >= 4 is 10.9 Å². The van der Waals surface area contributed by atoms with Crippen molar-refractivity contribution in [1.29, 1.82) is 0 Å². The number of fused-ring (bicyclic) bond motifs is 1. The van der Waals surface area contributed by atoms with Crippen LogP contribution in [0.5, 0.6) is 5.88 Å². The van der Waals surface area contributed by atoms with Gasteiger partial charge in [-0.05, 0) is 32.5 Å². The Morgan fingerprint density at radius 2 is 2.00 bits per heavy atom. The van der Waals surface area contributed by atoms with Crippen LogP contribution in [0.3, 0.4) is 0 Å². The number of methoxy groups -OCH3 is 1. The van der Waals surface area contributed by atoms with Crippen molar-refractivity contribution < 1.29 is 9.84 Å². The van der Waals surface area contributed by atoms with E-state index >= 15 is 0 Å². The largest absolute Gasteiger partial charge is 0.481 e. The highest BCUT2D eigenvalue weighted by Crippen LogP contribution is 2.24. The molecule has 0 fully saturated rings. The molecule has 0 unspecified atom stereocenters. The van der Waals surface area contributed by atoms with E-state index in [9.17, 15) is 5.11 Å². The fourth-order valence-electron chi connectivity index (χ4n) is 2.50. The predicted octanol–water partition coefficient (Wildman–Crippen LogP) is 2.84. The summed E-state index contributed by atoms with van der Waals surface area (Å²) in [5.74, 6) is 0.655. The highest BCUT2D eigenvalue weighted by molar-refractivity contribution is 5.80. The average Bonchev–Trinajstić information content (AvgIpc) is 2.44. The Morgan fingerprint density at radius 1 is 1.29 bits per heavy atom. The van der Waals surface area contributed by atoms with E-state index in [-0.39, 0.29) is 0 Å². The number of aromatic nitrogens is 1. The summed E-state index contributed by atoms with van der Waals surface area (Å²) in [5, 5.41) is 11.1. The molecule has 0 aliphatic heterocycles. The van der Waals surface area contributed by atoms with E-state index in [1.165, 1.54) is 0 Å². The molecule has 1 aromatic heterocycles. The molecule has 1 heterocycles. The van der Waals surface area contributed by atoms with Gasteiger partial charge in [0, 0.05) is 24.0 Å². The zero-order chi connectivity index (χ0) is 15.5. The number of ether oxygens (including phenoxy) is 1. The third-order valence-corrected chi connectivity index (χ3v) is 3.41. The molecule has 1 aromatic carbocycles. The number of aliphatic hydroxyl groups is 1. The third kappa shape index (κ3) is 4.16. The molecule has 0 atom stereocenters. The van der Waals surface area contributed by atoms with Gasteiger partial charge in [-0.25, -0.2) is 4.98 Å². The topological polar surface area (TPSA) is 45.6 Å². The SMILES string of the molecule is CCN(Cc1cc2ccccc2nc1OC)CC(C)(C)O. The highest BCUT2D eigenvalue weighted by Gasteiger charge is 2.19. The summed E-state index contributed by atoms with van der Waals surface area (Å²) in [7, 11) is 1.65. The average molecular weight is 288 g/mol. The molecular weight excluding hydrogens is 264 g/mol. The van der Waals surface area contributed by atoms with Gasteiger partial charge in [0.2, 0.25) is 5.88 Å². The van der Waals surface area contributed by atoms with Crippen LogP contribution in [0, 0.1) is 0 Å². The lowest BCUT2D eigenvalue weighted by Crippen LogP contribution is -2.38. The van der Waals surface area contributed by atoms with Crippen molar-refractivity contribution in [3.63, 3.8) is 0 Å². The zero-order valence-electron chi connectivity index (χ0n) is 13.3. The number of likely N-dealkylation sites (N-methyl/N-ethyl adjacent to an activating group) is 1. The summed E-state index contributed by atoms with van der Waals surface area (Å²) in [5.41, 5.74) is 1.26. The monoisotopic (exact) mass is 288 g/mol. The number of pyridine rings is 1. The first-order valence-electron chi connectivity index (χ1n) is 7.30. The summed E-state index contributed by atoms with van der Waals surface area (Å²) in [4.78, 5) is 6.75. The number of para-hydroxylation sites is 1. The van der Waals surface area contributed by atoms with Crippen LogP contribution in [0.15, 0.2) is 30.3 Å². The minimum atomic E-state index is -0.715. The fourth-order valence-corrected chi connectivity index (χ4v) is 2.50. The van der Waals surface area contributed by atoms with Crippen molar-refractivity contribution in [2.75, 3.05) is 20.2 Å². The second kappa shape index (κ2) is 6.41. The first-order valence-corrected chi connectivity index (χ1v) is 7.30. The summed E-state index contributed by atoms with van der Waals surface area (Å²) in [6.45, 7) is 7.92. The summed E-state index contributed by atoms with van der Waals surface area (Å²) in [6.07, 6.45) is 0. The molecule has 0 aliphatic rings. The maximum absolute atomic E-state index is 10.0. The van der Waals surface area contributed by atoms with Gasteiger partial charge in [0.05, 0.1) is 18.2 Å². The minimum absolute atomic E-state index is 0.611. The van der Waals surface area contributed by atoms with Gasteiger partial charge in [-0.3, -0.25) is 4.90 Å². The summed E-state index contributed by atoms with van der Waals surface area (Å²) < 4.78 is 5.43. The van der Waals surface area contributed by atoms with E-state index in [1.54, 1.807) is 7.11 Å². The van der Waals surface area contributed by atoms with Crippen molar-refractivity contribution in [3.8, 4) is 5.88 Å². The van der Waals surface area contributed by atoms with Gasteiger partial charge in [0.15, 0.2) is 0 Å². The van der Waals surface area contributed by atoms with Crippen molar-refractivity contribution in [1.82, 2.24) is 9.88 Å². The lowest BCUT2D eigenvalue weighted by Gasteiger charge is -2.28. The highest BCUT2D eigenvalue weighted by atomic mass is 16.5. The quantitative estimate of drug-likeness (QED) is 0.888. The van der Waals surface area contributed by atoms with Gasteiger partial charge in [-0.1, -0.05) is 25.1 Å². The van der Waals surface area contributed by atoms with Gasteiger partial charge in [-0.2, -0.15) is 0 Å². The van der Waals surface area contributed by atoms with Crippen LogP contribution in [-0.2, 0) is 6.54 Å². The second-order valence-corrected chi connectivity index (χ2v) is 5.97.